The van der Waals surface area contributed by atoms with Gasteiger partial charge in [0, 0.05) is 5.56 Å². The van der Waals surface area contributed by atoms with Gasteiger partial charge >= 0.3 is 5.97 Å². The van der Waals surface area contributed by atoms with Crippen molar-refractivity contribution >= 4 is 5.97 Å². The Morgan fingerprint density at radius 2 is 2.18 bits per heavy atom. The van der Waals surface area contributed by atoms with Gasteiger partial charge in [0.2, 0.25) is 0 Å². The van der Waals surface area contributed by atoms with Crippen molar-refractivity contribution in [3.63, 3.8) is 0 Å². The number of aryl methyl sites for hydroxylation is 1. The SMILES string of the molecule is CCOC(=O)COc1ccc(C)cc1[C@@H](C)O. The molecule has 0 saturated carbocycles. The Balaban J connectivity index is 2.73. The smallest absolute Gasteiger partial charge is 0.344 e. The number of carbonyl (C=O) groups is 1. The molecule has 1 aromatic carbocycles. The van der Waals surface area contributed by atoms with Crippen LogP contribution in [0.1, 0.15) is 31.1 Å². The molecule has 94 valence electrons. The first-order valence-corrected chi connectivity index (χ1v) is 5.61. The van der Waals surface area contributed by atoms with E-state index in [2.05, 4.69) is 0 Å². The molecule has 1 aromatic rings. The van der Waals surface area contributed by atoms with Gasteiger partial charge in [-0.25, -0.2) is 4.79 Å². The van der Waals surface area contributed by atoms with E-state index in [-0.39, 0.29) is 6.61 Å². The third-order valence-corrected chi connectivity index (χ3v) is 2.27. The summed E-state index contributed by atoms with van der Waals surface area (Å²) in [5.41, 5.74) is 1.71. The number of esters is 1. The molecule has 0 aliphatic carbocycles. The van der Waals surface area contributed by atoms with Crippen molar-refractivity contribution in [1.82, 2.24) is 0 Å². The molecule has 4 nitrogen and oxygen atoms in total. The van der Waals surface area contributed by atoms with E-state index < -0.39 is 12.1 Å². The van der Waals surface area contributed by atoms with Crippen LogP contribution in [0.5, 0.6) is 5.75 Å². The maximum atomic E-state index is 11.2. The molecule has 0 bridgehead atoms. The Kier molecular flexibility index (Phi) is 4.97. The van der Waals surface area contributed by atoms with Crippen molar-refractivity contribution in [2.24, 2.45) is 0 Å². The quantitative estimate of drug-likeness (QED) is 0.797. The molecule has 0 fully saturated rings. The Morgan fingerprint density at radius 3 is 2.76 bits per heavy atom. The van der Waals surface area contributed by atoms with E-state index in [0.717, 1.165) is 5.56 Å². The minimum atomic E-state index is -0.632. The standard InChI is InChI=1S/C13H18O4/c1-4-16-13(15)8-17-12-6-5-9(2)7-11(12)10(3)14/h5-7,10,14H,4,8H2,1-3H3/t10-/m1/s1. The molecule has 0 unspecified atom stereocenters. The second kappa shape index (κ2) is 6.25. The average molecular weight is 238 g/mol. The molecule has 0 amide bonds. The molecule has 0 aliphatic heterocycles. The van der Waals surface area contributed by atoms with Crippen LogP contribution in [0, 0.1) is 6.92 Å². The molecule has 1 N–H and O–H groups in total. The van der Waals surface area contributed by atoms with Gasteiger partial charge < -0.3 is 14.6 Å². The van der Waals surface area contributed by atoms with Crippen LogP contribution in [0.3, 0.4) is 0 Å². The highest BCUT2D eigenvalue weighted by Gasteiger charge is 2.11. The van der Waals surface area contributed by atoms with E-state index in [1.165, 1.54) is 0 Å². The molecule has 0 radical (unpaired) electrons. The first-order valence-electron chi connectivity index (χ1n) is 5.61. The fraction of sp³-hybridized carbons (Fsp3) is 0.462. The zero-order valence-corrected chi connectivity index (χ0v) is 10.4. The Hall–Kier alpha value is -1.55. The molecule has 1 atom stereocenters. The largest absolute Gasteiger partial charge is 0.482 e. The van der Waals surface area contributed by atoms with E-state index in [1.54, 1.807) is 19.9 Å². The Labute approximate surface area is 101 Å². The van der Waals surface area contributed by atoms with Crippen LogP contribution in [0.4, 0.5) is 0 Å². The molecule has 0 saturated heterocycles. The van der Waals surface area contributed by atoms with Gasteiger partial charge in [-0.3, -0.25) is 0 Å². The van der Waals surface area contributed by atoms with Crippen LogP contribution in [0.15, 0.2) is 18.2 Å². The summed E-state index contributed by atoms with van der Waals surface area (Å²) in [6, 6.07) is 5.45. The molecule has 17 heavy (non-hydrogen) atoms. The number of hydrogen-bond acceptors (Lipinski definition) is 4. The maximum Gasteiger partial charge on any atom is 0.344 e. The molecule has 0 aliphatic rings. The highest BCUT2D eigenvalue weighted by molar-refractivity contribution is 5.71. The third kappa shape index (κ3) is 4.07. The second-order valence-corrected chi connectivity index (χ2v) is 3.81. The molecule has 0 aromatic heterocycles. The maximum absolute atomic E-state index is 11.2. The molecule has 1 rings (SSSR count). The van der Waals surface area contributed by atoms with Crippen LogP contribution in [-0.2, 0) is 9.53 Å². The third-order valence-electron chi connectivity index (χ3n) is 2.27. The van der Waals surface area contributed by atoms with E-state index >= 15 is 0 Å². The first kappa shape index (κ1) is 13.5. The number of hydrogen-bond donors (Lipinski definition) is 1. The summed E-state index contributed by atoms with van der Waals surface area (Å²) in [6.07, 6.45) is -0.632. The zero-order chi connectivity index (χ0) is 12.8. The van der Waals surface area contributed by atoms with Crippen molar-refractivity contribution in [3.8, 4) is 5.75 Å². The number of aliphatic hydroxyl groups excluding tert-OH is 1. The van der Waals surface area contributed by atoms with E-state index in [0.29, 0.717) is 17.9 Å². The summed E-state index contributed by atoms with van der Waals surface area (Å²) in [6.45, 7) is 5.52. The van der Waals surface area contributed by atoms with Crippen LogP contribution in [-0.4, -0.2) is 24.3 Å². The number of rotatable bonds is 5. The second-order valence-electron chi connectivity index (χ2n) is 3.81. The summed E-state index contributed by atoms with van der Waals surface area (Å²) < 4.78 is 10.1. The topological polar surface area (TPSA) is 55.8 Å². The normalized spacial score (nSPS) is 12.0. The lowest BCUT2D eigenvalue weighted by Crippen LogP contribution is -2.15. The van der Waals surface area contributed by atoms with Gasteiger partial charge in [0.1, 0.15) is 5.75 Å². The average Bonchev–Trinajstić information content (AvgIpc) is 2.27. The van der Waals surface area contributed by atoms with E-state index in [1.807, 2.05) is 19.1 Å². The van der Waals surface area contributed by atoms with Crippen LogP contribution in [0.25, 0.3) is 0 Å². The number of ether oxygens (including phenoxy) is 2. The van der Waals surface area contributed by atoms with Crippen molar-refractivity contribution < 1.29 is 19.4 Å². The summed E-state index contributed by atoms with van der Waals surface area (Å²) in [4.78, 5) is 11.2. The van der Waals surface area contributed by atoms with E-state index in [9.17, 15) is 9.90 Å². The monoisotopic (exact) mass is 238 g/mol. The van der Waals surface area contributed by atoms with Gasteiger partial charge in [0.15, 0.2) is 6.61 Å². The number of benzene rings is 1. The van der Waals surface area contributed by atoms with Gasteiger partial charge in [-0.2, -0.15) is 0 Å². The van der Waals surface area contributed by atoms with E-state index in [4.69, 9.17) is 9.47 Å². The molecule has 0 heterocycles. The highest BCUT2D eigenvalue weighted by Crippen LogP contribution is 2.26. The lowest BCUT2D eigenvalue weighted by atomic mass is 10.1. The number of aliphatic hydroxyl groups is 1. The molecular weight excluding hydrogens is 220 g/mol. The summed E-state index contributed by atoms with van der Waals surface area (Å²) in [5.74, 6) is 0.100. The predicted molar refractivity (Wildman–Crippen MR) is 63.9 cm³/mol. The minimum Gasteiger partial charge on any atom is -0.482 e. The molecule has 4 heteroatoms. The van der Waals surface area contributed by atoms with Gasteiger partial charge in [0.05, 0.1) is 12.7 Å². The molecular formula is C13H18O4. The zero-order valence-electron chi connectivity index (χ0n) is 10.4. The fourth-order valence-electron chi connectivity index (χ4n) is 1.47. The van der Waals surface area contributed by atoms with Crippen molar-refractivity contribution in [2.45, 2.75) is 26.9 Å². The Morgan fingerprint density at radius 1 is 1.47 bits per heavy atom. The summed E-state index contributed by atoms with van der Waals surface area (Å²) >= 11 is 0. The van der Waals surface area contributed by atoms with Gasteiger partial charge in [-0.05, 0) is 32.9 Å². The summed E-state index contributed by atoms with van der Waals surface area (Å²) in [7, 11) is 0. The van der Waals surface area contributed by atoms with Gasteiger partial charge in [-0.1, -0.05) is 11.6 Å². The lowest BCUT2D eigenvalue weighted by Gasteiger charge is -2.13. The lowest BCUT2D eigenvalue weighted by molar-refractivity contribution is -0.145. The highest BCUT2D eigenvalue weighted by atomic mass is 16.6. The minimum absolute atomic E-state index is 0.142. The predicted octanol–water partition coefficient (Wildman–Crippen LogP) is 1.99. The van der Waals surface area contributed by atoms with Crippen LogP contribution in [0.2, 0.25) is 0 Å². The summed E-state index contributed by atoms with van der Waals surface area (Å²) in [5, 5.41) is 9.60. The van der Waals surface area contributed by atoms with Crippen LogP contribution < -0.4 is 4.74 Å². The fourth-order valence-corrected chi connectivity index (χ4v) is 1.47. The van der Waals surface area contributed by atoms with Gasteiger partial charge in [-0.15, -0.1) is 0 Å². The van der Waals surface area contributed by atoms with Crippen LogP contribution >= 0.6 is 0 Å². The first-order chi connectivity index (χ1) is 8.04. The van der Waals surface area contributed by atoms with Crippen molar-refractivity contribution in [1.29, 1.82) is 0 Å². The van der Waals surface area contributed by atoms with Gasteiger partial charge in [0.25, 0.3) is 0 Å². The Bertz CT molecular complexity index is 385. The molecule has 0 spiro atoms. The van der Waals surface area contributed by atoms with Crippen molar-refractivity contribution in [3.05, 3.63) is 29.3 Å². The van der Waals surface area contributed by atoms with Crippen molar-refractivity contribution in [2.75, 3.05) is 13.2 Å². The number of carbonyl (C=O) groups excluding carboxylic acids is 1.